The van der Waals surface area contributed by atoms with E-state index in [1.54, 1.807) is 6.07 Å². The maximum absolute atomic E-state index is 15.0. The minimum atomic E-state index is -0.646. The quantitative estimate of drug-likeness (QED) is 0.270. The Morgan fingerprint density at radius 3 is 2.55 bits per heavy atom. The Labute approximate surface area is 257 Å². The van der Waals surface area contributed by atoms with Gasteiger partial charge in [-0.05, 0) is 57.9 Å². The molecule has 44 heavy (non-hydrogen) atoms. The van der Waals surface area contributed by atoms with Crippen LogP contribution in [-0.2, 0) is 16.0 Å². The Morgan fingerprint density at radius 2 is 1.80 bits per heavy atom. The summed E-state index contributed by atoms with van der Waals surface area (Å²) in [6, 6.07) is 6.92. The van der Waals surface area contributed by atoms with Gasteiger partial charge in [-0.15, -0.1) is 0 Å². The van der Waals surface area contributed by atoms with Crippen LogP contribution in [0.25, 0.3) is 22.3 Å². The number of morpholine rings is 2. The number of ether oxygens (including phenoxy) is 2. The SMILES string of the molecule is Cc1nc2c(F)cc(-c3nc(Nc4ccc(CN5CCO[C@](C)(CCN6CCOCC6)C5)cn4)ncc3F)cc2n1C(C)C.[HH]. The molecule has 4 aromatic rings. The zero-order valence-electron chi connectivity index (χ0n) is 25.8. The Morgan fingerprint density at radius 1 is 1.00 bits per heavy atom. The molecule has 0 spiro atoms. The molecule has 0 amide bonds. The number of hydrogen-bond donors (Lipinski definition) is 1. The average molecular weight is 609 g/mol. The van der Waals surface area contributed by atoms with Crippen molar-refractivity contribution in [1.29, 1.82) is 0 Å². The number of aryl methyl sites for hydroxylation is 1. The highest BCUT2D eigenvalue weighted by Crippen LogP contribution is 2.30. The van der Waals surface area contributed by atoms with Gasteiger partial charge in [-0.25, -0.2) is 28.7 Å². The lowest BCUT2D eigenvalue weighted by atomic mass is 9.98. The first kappa shape index (κ1) is 30.4. The first-order valence-electron chi connectivity index (χ1n) is 15.3. The number of nitrogens with one attached hydrogen (secondary N) is 1. The highest BCUT2D eigenvalue weighted by molar-refractivity contribution is 5.83. The molecule has 0 radical (unpaired) electrons. The van der Waals surface area contributed by atoms with Crippen molar-refractivity contribution in [2.75, 3.05) is 57.9 Å². The number of hydrogen-bond acceptors (Lipinski definition) is 9. The van der Waals surface area contributed by atoms with Crippen LogP contribution in [0.4, 0.5) is 20.5 Å². The zero-order chi connectivity index (χ0) is 30.8. The summed E-state index contributed by atoms with van der Waals surface area (Å²) in [5, 5.41) is 3.06. The van der Waals surface area contributed by atoms with E-state index >= 15 is 4.39 Å². The van der Waals surface area contributed by atoms with E-state index in [1.165, 1.54) is 6.07 Å². The van der Waals surface area contributed by atoms with E-state index in [0.717, 1.165) is 70.7 Å². The fourth-order valence-corrected chi connectivity index (χ4v) is 6.18. The molecule has 2 aliphatic heterocycles. The largest absolute Gasteiger partial charge is 0.379 e. The van der Waals surface area contributed by atoms with Gasteiger partial charge in [0.1, 0.15) is 22.9 Å². The van der Waals surface area contributed by atoms with E-state index in [4.69, 9.17) is 9.47 Å². The number of aromatic nitrogens is 5. The normalized spacial score (nSPS) is 20.1. The van der Waals surface area contributed by atoms with Gasteiger partial charge in [-0.2, -0.15) is 0 Å². The van der Waals surface area contributed by atoms with Crippen LogP contribution >= 0.6 is 0 Å². The van der Waals surface area contributed by atoms with Crippen molar-refractivity contribution in [2.24, 2.45) is 0 Å². The van der Waals surface area contributed by atoms with Crippen molar-refractivity contribution < 1.29 is 19.7 Å². The van der Waals surface area contributed by atoms with E-state index in [1.807, 2.05) is 43.7 Å². The van der Waals surface area contributed by atoms with E-state index in [9.17, 15) is 4.39 Å². The summed E-state index contributed by atoms with van der Waals surface area (Å²) in [5.41, 5.74) is 2.05. The third-order valence-electron chi connectivity index (χ3n) is 8.41. The summed E-state index contributed by atoms with van der Waals surface area (Å²) in [6.07, 6.45) is 3.89. The molecule has 3 aromatic heterocycles. The second-order valence-electron chi connectivity index (χ2n) is 12.2. The van der Waals surface area contributed by atoms with Gasteiger partial charge in [-0.3, -0.25) is 9.80 Å². The molecule has 1 N–H and O–H groups in total. The number of pyridine rings is 1. The van der Waals surface area contributed by atoms with E-state index in [0.29, 0.717) is 29.3 Å². The Bertz CT molecular complexity index is 1610. The van der Waals surface area contributed by atoms with E-state index in [-0.39, 0.29) is 30.2 Å². The summed E-state index contributed by atoms with van der Waals surface area (Å²) in [6.45, 7) is 15.8. The molecule has 1 atom stereocenters. The topological polar surface area (TPSA) is 93.5 Å². The second kappa shape index (κ2) is 12.8. The van der Waals surface area contributed by atoms with Crippen molar-refractivity contribution in [2.45, 2.75) is 52.3 Å². The Kier molecular flexibility index (Phi) is 8.86. The Hall–Kier alpha value is -3.58. The van der Waals surface area contributed by atoms with Crippen molar-refractivity contribution in [3.8, 4) is 11.3 Å². The molecule has 0 bridgehead atoms. The van der Waals surface area contributed by atoms with Crippen LogP contribution in [0.2, 0.25) is 0 Å². The molecule has 2 saturated heterocycles. The molecule has 0 unspecified atom stereocenters. The van der Waals surface area contributed by atoms with Crippen LogP contribution in [0.5, 0.6) is 0 Å². The highest BCUT2D eigenvalue weighted by Gasteiger charge is 2.32. The van der Waals surface area contributed by atoms with E-state index in [2.05, 4.69) is 42.0 Å². The lowest BCUT2D eigenvalue weighted by molar-refractivity contribution is -0.109. The van der Waals surface area contributed by atoms with Crippen molar-refractivity contribution in [3.05, 3.63) is 59.7 Å². The minimum Gasteiger partial charge on any atom is -0.379 e. The molecule has 6 rings (SSSR count). The van der Waals surface area contributed by atoms with Crippen molar-refractivity contribution in [3.63, 3.8) is 0 Å². The molecule has 10 nitrogen and oxygen atoms in total. The summed E-state index contributed by atoms with van der Waals surface area (Å²) >= 11 is 0. The zero-order valence-corrected chi connectivity index (χ0v) is 25.8. The first-order chi connectivity index (χ1) is 21.2. The summed E-state index contributed by atoms with van der Waals surface area (Å²) in [7, 11) is 0. The van der Waals surface area contributed by atoms with Crippen LogP contribution in [0, 0.1) is 18.6 Å². The fraction of sp³-hybridized carbons (Fsp3) is 0.500. The van der Waals surface area contributed by atoms with Crippen LogP contribution in [0.1, 0.15) is 46.0 Å². The molecule has 0 saturated carbocycles. The number of imidazole rings is 1. The number of halogens is 2. The number of anilines is 2. The van der Waals surface area contributed by atoms with Gasteiger partial charge >= 0.3 is 0 Å². The van der Waals surface area contributed by atoms with Crippen LogP contribution in [0.15, 0.2) is 36.7 Å². The monoisotopic (exact) mass is 608 g/mol. The predicted molar refractivity (Wildman–Crippen MR) is 167 cm³/mol. The molecular formula is C32H42F2N8O2. The highest BCUT2D eigenvalue weighted by atomic mass is 19.1. The predicted octanol–water partition coefficient (Wildman–Crippen LogP) is 5.36. The molecule has 0 aliphatic carbocycles. The van der Waals surface area contributed by atoms with Gasteiger partial charge in [0.2, 0.25) is 5.95 Å². The number of rotatable bonds is 9. The lowest BCUT2D eigenvalue weighted by Gasteiger charge is -2.42. The molecule has 5 heterocycles. The van der Waals surface area contributed by atoms with Crippen molar-refractivity contribution >= 4 is 22.8 Å². The third kappa shape index (κ3) is 6.73. The van der Waals surface area contributed by atoms with E-state index < -0.39 is 11.6 Å². The van der Waals surface area contributed by atoms with Gasteiger partial charge in [0.15, 0.2) is 11.6 Å². The maximum Gasteiger partial charge on any atom is 0.229 e. The van der Waals surface area contributed by atoms with Gasteiger partial charge in [0, 0.05) is 58.5 Å². The smallest absolute Gasteiger partial charge is 0.229 e. The lowest BCUT2D eigenvalue weighted by Crippen LogP contribution is -2.51. The average Bonchev–Trinajstić information content (AvgIpc) is 3.35. The summed E-state index contributed by atoms with van der Waals surface area (Å²) in [4.78, 5) is 22.3. The van der Waals surface area contributed by atoms with Crippen LogP contribution in [0.3, 0.4) is 0 Å². The van der Waals surface area contributed by atoms with Crippen molar-refractivity contribution in [1.82, 2.24) is 34.3 Å². The first-order valence-corrected chi connectivity index (χ1v) is 15.3. The molecular weight excluding hydrogens is 566 g/mol. The van der Waals surface area contributed by atoms with Crippen LogP contribution < -0.4 is 5.32 Å². The Balaban J connectivity index is 0.00000400. The number of nitrogens with zero attached hydrogens (tertiary/aromatic N) is 7. The molecule has 2 fully saturated rings. The summed E-state index contributed by atoms with van der Waals surface area (Å²) in [5.74, 6) is 0.214. The minimum absolute atomic E-state index is 0. The van der Waals surface area contributed by atoms with Gasteiger partial charge in [-0.1, -0.05) is 6.07 Å². The molecule has 2 aliphatic rings. The number of benzene rings is 1. The number of fused-ring (bicyclic) bond motifs is 1. The maximum atomic E-state index is 15.0. The third-order valence-corrected chi connectivity index (χ3v) is 8.41. The standard InChI is InChI=1S/C32H40F2N8O2.H2/c1-21(2)42-22(3)37-30-25(33)15-24(16-27(30)42)29-26(34)18-36-31(39-29)38-28-6-5-23(17-35-28)19-41-11-14-44-32(4,20-41)7-8-40-9-12-43-13-10-40;/h5-6,15-18,21H,7-14,19-20H2,1-4H3,(H,35,36,38,39);1H/t32-;/m1./s1. The molecule has 236 valence electrons. The molecule has 1 aromatic carbocycles. The fourth-order valence-electron chi connectivity index (χ4n) is 6.18. The molecule has 12 heteroatoms. The van der Waals surface area contributed by atoms with Gasteiger partial charge in [0.25, 0.3) is 0 Å². The van der Waals surface area contributed by atoms with Crippen LogP contribution in [-0.4, -0.2) is 92.4 Å². The summed E-state index contributed by atoms with van der Waals surface area (Å²) < 4.78 is 43.6. The second-order valence-corrected chi connectivity index (χ2v) is 12.2. The van der Waals surface area contributed by atoms with Gasteiger partial charge < -0.3 is 19.4 Å². The van der Waals surface area contributed by atoms with Gasteiger partial charge in [0.05, 0.1) is 37.1 Å².